The summed E-state index contributed by atoms with van der Waals surface area (Å²) in [4.78, 5) is 46.0. The molecular weight excluding hydrogens is 500 g/mol. The highest BCUT2D eigenvalue weighted by atomic mass is 16.6. The van der Waals surface area contributed by atoms with Crippen LogP contribution in [0.5, 0.6) is 0 Å². The second kappa shape index (κ2) is 12.6. The number of carbonyl (C=O) groups excluding carboxylic acids is 2. The molecule has 2 aromatic heterocycles. The molecule has 0 saturated heterocycles. The number of hydrogen-bond acceptors (Lipinski definition) is 9. The van der Waals surface area contributed by atoms with Crippen LogP contribution in [0.15, 0.2) is 95.6 Å². The lowest BCUT2D eigenvalue weighted by atomic mass is 9.80. The maximum Gasteiger partial charge on any atom is 0.336 e. The van der Waals surface area contributed by atoms with Crippen molar-refractivity contribution in [1.82, 2.24) is 15.3 Å². The van der Waals surface area contributed by atoms with Crippen molar-refractivity contribution in [3.05, 3.63) is 123 Å². The lowest BCUT2D eigenvalue weighted by molar-refractivity contribution is -0.384. The molecule has 3 heterocycles. The van der Waals surface area contributed by atoms with E-state index >= 15 is 0 Å². The number of nitro benzene ring substituents is 1. The molecule has 39 heavy (non-hydrogen) atoms. The van der Waals surface area contributed by atoms with E-state index in [2.05, 4.69) is 15.3 Å². The predicted molar refractivity (Wildman–Crippen MR) is 142 cm³/mol. The van der Waals surface area contributed by atoms with Gasteiger partial charge < -0.3 is 14.8 Å². The van der Waals surface area contributed by atoms with Gasteiger partial charge in [-0.2, -0.15) is 0 Å². The van der Waals surface area contributed by atoms with Crippen molar-refractivity contribution in [3.8, 4) is 0 Å². The van der Waals surface area contributed by atoms with Crippen molar-refractivity contribution < 1.29 is 24.0 Å². The van der Waals surface area contributed by atoms with E-state index < -0.39 is 22.8 Å². The first-order valence-corrected chi connectivity index (χ1v) is 12.4. The zero-order valence-corrected chi connectivity index (χ0v) is 21.6. The fourth-order valence-electron chi connectivity index (χ4n) is 4.40. The maximum atomic E-state index is 13.4. The van der Waals surface area contributed by atoms with Crippen molar-refractivity contribution in [3.63, 3.8) is 0 Å². The molecule has 0 radical (unpaired) electrons. The largest absolute Gasteiger partial charge is 0.462 e. The molecule has 4 rings (SSSR count). The quantitative estimate of drug-likeness (QED) is 0.233. The van der Waals surface area contributed by atoms with Crippen LogP contribution in [-0.2, 0) is 31.9 Å². The average molecular weight is 529 g/mol. The summed E-state index contributed by atoms with van der Waals surface area (Å²) in [5.74, 6) is -2.06. The number of nitro groups is 1. The minimum atomic E-state index is -0.850. The number of allylic oxidation sites excluding steroid dienone is 2. The minimum absolute atomic E-state index is 0.0894. The van der Waals surface area contributed by atoms with Gasteiger partial charge in [-0.1, -0.05) is 24.3 Å². The Morgan fingerprint density at radius 2 is 1.31 bits per heavy atom. The molecule has 1 N–H and O–H groups in total. The summed E-state index contributed by atoms with van der Waals surface area (Å²) in [7, 11) is 0. The third-order valence-corrected chi connectivity index (χ3v) is 6.27. The maximum absolute atomic E-state index is 13.4. The summed E-state index contributed by atoms with van der Waals surface area (Å²) in [6.45, 7) is 3.62. The molecule has 10 nitrogen and oxygen atoms in total. The Bertz CT molecular complexity index is 1320. The van der Waals surface area contributed by atoms with Crippen LogP contribution in [0.4, 0.5) is 5.69 Å². The van der Waals surface area contributed by atoms with E-state index in [1.807, 2.05) is 24.3 Å². The molecular formula is C29H28N4O6. The average Bonchev–Trinajstić information content (AvgIpc) is 2.93. The lowest BCUT2D eigenvalue weighted by Gasteiger charge is -2.30. The van der Waals surface area contributed by atoms with Crippen molar-refractivity contribution in [2.75, 3.05) is 13.2 Å². The third-order valence-electron chi connectivity index (χ3n) is 6.27. The van der Waals surface area contributed by atoms with Crippen molar-refractivity contribution in [2.24, 2.45) is 0 Å². The number of pyridine rings is 2. The van der Waals surface area contributed by atoms with E-state index in [1.165, 1.54) is 24.3 Å². The zero-order valence-electron chi connectivity index (χ0n) is 21.6. The second-order valence-corrected chi connectivity index (χ2v) is 8.90. The summed E-state index contributed by atoms with van der Waals surface area (Å²) in [6, 6.07) is 16.8. The Kier molecular flexibility index (Phi) is 8.78. The number of non-ortho nitro benzene ring substituents is 1. The van der Waals surface area contributed by atoms with Gasteiger partial charge in [0, 0.05) is 60.1 Å². The third kappa shape index (κ3) is 6.72. The van der Waals surface area contributed by atoms with Gasteiger partial charge >= 0.3 is 11.9 Å². The molecule has 1 aliphatic rings. The number of benzene rings is 1. The second-order valence-electron chi connectivity index (χ2n) is 8.90. The predicted octanol–water partition coefficient (Wildman–Crippen LogP) is 4.19. The highest BCUT2D eigenvalue weighted by molar-refractivity contribution is 5.99. The number of carbonyl (C=O) groups is 2. The van der Waals surface area contributed by atoms with Gasteiger partial charge in [0.05, 0.1) is 35.2 Å². The van der Waals surface area contributed by atoms with E-state index in [0.29, 0.717) is 29.8 Å². The van der Waals surface area contributed by atoms with Crippen LogP contribution in [-0.4, -0.2) is 40.0 Å². The SMILES string of the molecule is CC1=C(C(=O)OCCc2ccccn2)C(c2ccc([N+](=O)[O-])cc2)C(C(=O)OCCc2ccccn2)=C(C)N1. The topological polar surface area (TPSA) is 134 Å². The molecule has 0 saturated carbocycles. The lowest BCUT2D eigenvalue weighted by Crippen LogP contribution is -2.33. The molecule has 3 aromatic rings. The highest BCUT2D eigenvalue weighted by Gasteiger charge is 2.38. The fourth-order valence-corrected chi connectivity index (χ4v) is 4.40. The zero-order chi connectivity index (χ0) is 27.8. The van der Waals surface area contributed by atoms with E-state index in [1.54, 1.807) is 38.4 Å². The van der Waals surface area contributed by atoms with Crippen LogP contribution in [0.25, 0.3) is 0 Å². The van der Waals surface area contributed by atoms with E-state index in [0.717, 1.165) is 11.4 Å². The van der Waals surface area contributed by atoms with Crippen molar-refractivity contribution >= 4 is 17.6 Å². The van der Waals surface area contributed by atoms with Crippen LogP contribution in [0.3, 0.4) is 0 Å². The number of rotatable bonds is 10. The Morgan fingerprint density at radius 3 is 1.72 bits per heavy atom. The Labute approximate surface area is 225 Å². The van der Waals surface area contributed by atoms with Gasteiger partial charge in [-0.15, -0.1) is 0 Å². The van der Waals surface area contributed by atoms with Crippen LogP contribution >= 0.6 is 0 Å². The number of dihydropyridines is 1. The first-order valence-electron chi connectivity index (χ1n) is 12.4. The fraction of sp³-hybridized carbons (Fsp3) is 0.241. The first-order chi connectivity index (χ1) is 18.8. The summed E-state index contributed by atoms with van der Waals surface area (Å²) in [5.41, 5.74) is 3.46. The van der Waals surface area contributed by atoms with Gasteiger partial charge in [-0.3, -0.25) is 20.1 Å². The number of nitrogens with zero attached hydrogens (tertiary/aromatic N) is 3. The highest BCUT2D eigenvalue weighted by Crippen LogP contribution is 2.39. The number of aromatic nitrogens is 2. The number of nitrogens with one attached hydrogen (secondary N) is 1. The molecule has 0 atom stereocenters. The number of ether oxygens (including phenoxy) is 2. The molecule has 0 fully saturated rings. The number of hydrogen-bond donors (Lipinski definition) is 1. The van der Waals surface area contributed by atoms with Gasteiger partial charge in [-0.25, -0.2) is 9.59 Å². The van der Waals surface area contributed by atoms with Gasteiger partial charge in [0.25, 0.3) is 5.69 Å². The van der Waals surface area contributed by atoms with Gasteiger partial charge in [0.15, 0.2) is 0 Å². The van der Waals surface area contributed by atoms with E-state index in [9.17, 15) is 19.7 Å². The molecule has 10 heteroatoms. The monoisotopic (exact) mass is 528 g/mol. The first kappa shape index (κ1) is 27.2. The number of esters is 2. The summed E-state index contributed by atoms with van der Waals surface area (Å²) >= 11 is 0. The van der Waals surface area contributed by atoms with E-state index in [4.69, 9.17) is 9.47 Å². The smallest absolute Gasteiger partial charge is 0.336 e. The molecule has 0 aliphatic carbocycles. The molecule has 0 unspecified atom stereocenters. The van der Waals surface area contributed by atoms with Gasteiger partial charge in [0.2, 0.25) is 0 Å². The Morgan fingerprint density at radius 1 is 0.821 bits per heavy atom. The van der Waals surface area contributed by atoms with Crippen LogP contribution in [0, 0.1) is 10.1 Å². The van der Waals surface area contributed by atoms with Gasteiger partial charge in [-0.05, 0) is 43.7 Å². The van der Waals surface area contributed by atoms with E-state index in [-0.39, 0.29) is 30.0 Å². The standard InChI is InChI=1S/C29H28N4O6/c1-19-25(28(34)38-17-13-22-7-3-5-15-30-22)27(21-9-11-24(12-10-21)33(36)37)26(20(2)32-19)29(35)39-18-14-23-8-4-6-16-31-23/h3-12,15-16,27,32H,13-14,17-18H2,1-2H3. The Balaban J connectivity index is 1.59. The van der Waals surface area contributed by atoms with Crippen LogP contribution < -0.4 is 5.32 Å². The summed E-state index contributed by atoms with van der Waals surface area (Å²) in [5, 5.41) is 14.3. The normalized spacial score (nSPS) is 13.6. The van der Waals surface area contributed by atoms with Crippen LogP contribution in [0.2, 0.25) is 0 Å². The van der Waals surface area contributed by atoms with Gasteiger partial charge in [0.1, 0.15) is 0 Å². The molecule has 1 aliphatic heterocycles. The van der Waals surface area contributed by atoms with Crippen molar-refractivity contribution in [1.29, 1.82) is 0 Å². The van der Waals surface area contributed by atoms with Crippen molar-refractivity contribution in [2.45, 2.75) is 32.6 Å². The summed E-state index contributed by atoms with van der Waals surface area (Å²) in [6.07, 6.45) is 4.18. The Hall–Kier alpha value is -4.86. The molecule has 0 spiro atoms. The minimum Gasteiger partial charge on any atom is -0.462 e. The summed E-state index contributed by atoms with van der Waals surface area (Å²) < 4.78 is 11.2. The molecule has 200 valence electrons. The molecule has 1 aromatic carbocycles. The van der Waals surface area contributed by atoms with Crippen LogP contribution in [0.1, 0.15) is 36.7 Å². The molecule has 0 amide bonds. The molecule has 0 bridgehead atoms.